The molecule has 0 aliphatic heterocycles. The van der Waals surface area contributed by atoms with Gasteiger partial charge in [0, 0.05) is 6.07 Å². The minimum Gasteiger partial charge on any atom is -0.461 e. The Morgan fingerprint density at radius 1 is 1.53 bits per heavy atom. The lowest BCUT2D eigenvalue weighted by molar-refractivity contribution is 0.0519. The highest BCUT2D eigenvalue weighted by Gasteiger charge is 2.14. The van der Waals surface area contributed by atoms with Gasteiger partial charge >= 0.3 is 5.97 Å². The first kappa shape index (κ1) is 11.9. The van der Waals surface area contributed by atoms with E-state index in [1.807, 2.05) is 6.92 Å². The maximum atomic E-state index is 11.5. The number of ether oxygens (including phenoxy) is 1. The van der Waals surface area contributed by atoms with Crippen LogP contribution in [0.15, 0.2) is 12.3 Å². The molecule has 0 saturated heterocycles. The zero-order valence-electron chi connectivity index (χ0n) is 9.61. The van der Waals surface area contributed by atoms with E-state index in [0.29, 0.717) is 17.3 Å². The highest BCUT2D eigenvalue weighted by molar-refractivity contribution is 6.32. The molecule has 0 fully saturated rings. The van der Waals surface area contributed by atoms with Crippen molar-refractivity contribution in [2.24, 2.45) is 0 Å². The molecule has 0 N–H and O–H groups in total. The summed E-state index contributed by atoms with van der Waals surface area (Å²) in [6.07, 6.45) is 2.51. The average molecular weight is 254 g/mol. The molecule has 0 atom stereocenters. The van der Waals surface area contributed by atoms with E-state index in [0.717, 1.165) is 12.1 Å². The lowest BCUT2D eigenvalue weighted by atomic mass is 10.3. The quantitative estimate of drug-likeness (QED) is 0.787. The van der Waals surface area contributed by atoms with Crippen LogP contribution in [0.5, 0.6) is 0 Å². The molecule has 0 unspecified atom stereocenters. The van der Waals surface area contributed by atoms with Gasteiger partial charge < -0.3 is 4.74 Å². The summed E-state index contributed by atoms with van der Waals surface area (Å²) >= 11 is 6.01. The second kappa shape index (κ2) is 4.71. The molecule has 90 valence electrons. The van der Waals surface area contributed by atoms with Crippen LogP contribution >= 0.6 is 11.6 Å². The molecule has 0 aliphatic carbocycles. The first-order valence-electron chi connectivity index (χ1n) is 5.37. The van der Waals surface area contributed by atoms with Gasteiger partial charge in [-0.1, -0.05) is 18.5 Å². The molecule has 0 amide bonds. The van der Waals surface area contributed by atoms with Crippen molar-refractivity contribution in [1.29, 1.82) is 0 Å². The average Bonchev–Trinajstić information content (AvgIpc) is 2.73. The lowest BCUT2D eigenvalue weighted by Gasteiger charge is -1.99. The molecule has 0 radical (unpaired) electrons. The number of hydrogen-bond donors (Lipinski definition) is 0. The number of halogens is 1. The van der Waals surface area contributed by atoms with Gasteiger partial charge in [0.25, 0.3) is 0 Å². The van der Waals surface area contributed by atoms with Gasteiger partial charge in [-0.05, 0) is 13.3 Å². The third kappa shape index (κ3) is 2.24. The van der Waals surface area contributed by atoms with Gasteiger partial charge in [0.15, 0.2) is 10.8 Å². The maximum Gasteiger partial charge on any atom is 0.358 e. The van der Waals surface area contributed by atoms with E-state index < -0.39 is 5.97 Å². The van der Waals surface area contributed by atoms with Crippen LogP contribution in [0.25, 0.3) is 5.52 Å². The second-order valence-corrected chi connectivity index (χ2v) is 3.81. The fourth-order valence-corrected chi connectivity index (χ4v) is 1.73. The van der Waals surface area contributed by atoms with Crippen molar-refractivity contribution in [3.8, 4) is 0 Å². The van der Waals surface area contributed by atoms with E-state index in [4.69, 9.17) is 16.3 Å². The van der Waals surface area contributed by atoms with Crippen molar-refractivity contribution >= 4 is 23.1 Å². The van der Waals surface area contributed by atoms with Crippen LogP contribution in [0.3, 0.4) is 0 Å². The van der Waals surface area contributed by atoms with Gasteiger partial charge in [-0.3, -0.25) is 0 Å². The summed E-state index contributed by atoms with van der Waals surface area (Å²) in [4.78, 5) is 15.7. The molecular formula is C11H12ClN3O2. The molecule has 6 heteroatoms. The Morgan fingerprint density at radius 3 is 2.94 bits per heavy atom. The largest absolute Gasteiger partial charge is 0.461 e. The Hall–Kier alpha value is -1.62. The summed E-state index contributed by atoms with van der Waals surface area (Å²) in [5.41, 5.74) is 1.66. The third-order valence-electron chi connectivity index (χ3n) is 2.31. The molecular weight excluding hydrogens is 242 g/mol. The van der Waals surface area contributed by atoms with Crippen LogP contribution in [0.2, 0.25) is 5.15 Å². The van der Waals surface area contributed by atoms with Crippen LogP contribution in [0.1, 0.15) is 30.0 Å². The number of aryl methyl sites for hydroxylation is 1. The van der Waals surface area contributed by atoms with Crippen LogP contribution < -0.4 is 0 Å². The Balaban J connectivity index is 2.49. The molecule has 0 aromatic carbocycles. The summed E-state index contributed by atoms with van der Waals surface area (Å²) < 4.78 is 6.43. The smallest absolute Gasteiger partial charge is 0.358 e. The first-order valence-corrected chi connectivity index (χ1v) is 5.75. The van der Waals surface area contributed by atoms with Crippen molar-refractivity contribution in [3.05, 3.63) is 28.8 Å². The minimum atomic E-state index is -0.453. The van der Waals surface area contributed by atoms with E-state index in [1.54, 1.807) is 23.7 Å². The third-order valence-corrected chi connectivity index (χ3v) is 2.59. The predicted octanol–water partition coefficient (Wildman–Crippen LogP) is 2.12. The van der Waals surface area contributed by atoms with Gasteiger partial charge in [0.1, 0.15) is 5.52 Å². The molecule has 2 rings (SSSR count). The zero-order valence-corrected chi connectivity index (χ0v) is 10.4. The van der Waals surface area contributed by atoms with Crippen LogP contribution in [-0.2, 0) is 11.2 Å². The Bertz CT molecular complexity index is 565. The number of rotatable bonds is 3. The number of hydrogen-bond acceptors (Lipinski definition) is 4. The van der Waals surface area contributed by atoms with Gasteiger partial charge in [0.05, 0.1) is 18.5 Å². The number of esters is 1. The fraction of sp³-hybridized carbons (Fsp3) is 0.364. The second-order valence-electron chi connectivity index (χ2n) is 3.46. The highest BCUT2D eigenvalue weighted by Crippen LogP contribution is 2.17. The SMILES string of the molecule is CCOC(=O)c1cc2c(Cl)nc(CC)cn2n1. The Morgan fingerprint density at radius 2 is 2.29 bits per heavy atom. The lowest BCUT2D eigenvalue weighted by Crippen LogP contribution is -2.05. The maximum absolute atomic E-state index is 11.5. The van der Waals surface area contributed by atoms with Crippen LogP contribution in [-0.4, -0.2) is 27.2 Å². The normalized spacial score (nSPS) is 10.8. The zero-order chi connectivity index (χ0) is 12.4. The van der Waals surface area contributed by atoms with Crippen molar-refractivity contribution in [2.75, 3.05) is 6.61 Å². The van der Waals surface area contributed by atoms with E-state index in [9.17, 15) is 4.79 Å². The van der Waals surface area contributed by atoms with Crippen molar-refractivity contribution in [3.63, 3.8) is 0 Å². The molecule has 2 heterocycles. The number of aromatic nitrogens is 3. The fourth-order valence-electron chi connectivity index (χ4n) is 1.48. The number of nitrogens with zero attached hydrogens (tertiary/aromatic N) is 3. The van der Waals surface area contributed by atoms with Gasteiger partial charge in [0.2, 0.25) is 0 Å². The molecule has 0 saturated carbocycles. The molecule has 5 nitrogen and oxygen atoms in total. The minimum absolute atomic E-state index is 0.240. The van der Waals surface area contributed by atoms with Crippen molar-refractivity contribution in [2.45, 2.75) is 20.3 Å². The number of carbonyl (C=O) groups excluding carboxylic acids is 1. The van der Waals surface area contributed by atoms with Crippen LogP contribution in [0.4, 0.5) is 0 Å². The summed E-state index contributed by atoms with van der Waals surface area (Å²) in [5.74, 6) is -0.453. The van der Waals surface area contributed by atoms with Crippen molar-refractivity contribution < 1.29 is 9.53 Å². The first-order chi connectivity index (χ1) is 8.15. The van der Waals surface area contributed by atoms with Crippen LogP contribution in [0, 0.1) is 0 Å². The topological polar surface area (TPSA) is 56.5 Å². The summed E-state index contributed by atoms with van der Waals surface area (Å²) in [5, 5.41) is 4.46. The van der Waals surface area contributed by atoms with Gasteiger partial charge in [-0.25, -0.2) is 14.3 Å². The Labute approximate surface area is 103 Å². The monoisotopic (exact) mass is 253 g/mol. The molecule has 0 bridgehead atoms. The molecule has 17 heavy (non-hydrogen) atoms. The molecule has 0 aliphatic rings. The van der Waals surface area contributed by atoms with E-state index in [2.05, 4.69) is 10.1 Å². The number of carbonyl (C=O) groups is 1. The van der Waals surface area contributed by atoms with Gasteiger partial charge in [-0.2, -0.15) is 5.10 Å². The van der Waals surface area contributed by atoms with E-state index >= 15 is 0 Å². The molecule has 2 aromatic heterocycles. The van der Waals surface area contributed by atoms with Crippen molar-refractivity contribution in [1.82, 2.24) is 14.6 Å². The van der Waals surface area contributed by atoms with E-state index in [-0.39, 0.29) is 5.69 Å². The standard InChI is InChI=1S/C11H12ClN3O2/c1-3-7-6-15-9(10(12)13-7)5-8(14-15)11(16)17-4-2/h5-6H,3-4H2,1-2H3. The summed E-state index contributed by atoms with van der Waals surface area (Å²) in [7, 11) is 0. The molecule has 0 spiro atoms. The van der Waals surface area contributed by atoms with E-state index in [1.165, 1.54) is 0 Å². The Kier molecular flexibility index (Phi) is 3.28. The molecule has 2 aromatic rings. The summed E-state index contributed by atoms with van der Waals surface area (Å²) in [6.45, 7) is 4.04. The predicted molar refractivity (Wildman–Crippen MR) is 63.3 cm³/mol. The highest BCUT2D eigenvalue weighted by atomic mass is 35.5. The number of fused-ring (bicyclic) bond motifs is 1. The summed E-state index contributed by atoms with van der Waals surface area (Å²) in [6, 6.07) is 1.58. The van der Waals surface area contributed by atoms with Gasteiger partial charge in [-0.15, -0.1) is 0 Å².